The number of hydrogen-bond donors (Lipinski definition) is 0. The smallest absolute Gasteiger partial charge is 0.188 e. The average molecular weight is 660 g/mol. The topological polar surface area (TPSA) is 14.2 Å². The third-order valence-electron chi connectivity index (χ3n) is 10.9. The fourth-order valence-electron chi connectivity index (χ4n) is 8.58. The molecule has 0 amide bonds. The fraction of sp³-hybridized carbons (Fsp3) is 0. The van der Waals surface area contributed by atoms with Crippen molar-refractivity contribution >= 4 is 81.6 Å². The van der Waals surface area contributed by atoms with Crippen molar-refractivity contribution in [3.8, 4) is 22.5 Å². The van der Waals surface area contributed by atoms with E-state index in [0.29, 0.717) is 5.69 Å². The van der Waals surface area contributed by atoms with Crippen LogP contribution in [0.4, 0.5) is 5.69 Å². The minimum atomic E-state index is 0.640. The van der Waals surface area contributed by atoms with E-state index in [-0.39, 0.29) is 0 Å². The fourth-order valence-corrected chi connectivity index (χ4v) is 8.58. The molecule has 240 valence electrons. The summed E-state index contributed by atoms with van der Waals surface area (Å²) in [4.78, 5) is 3.80. The van der Waals surface area contributed by atoms with Crippen molar-refractivity contribution in [2.24, 2.45) is 0 Å². The lowest BCUT2D eigenvalue weighted by Crippen LogP contribution is -1.96. The summed E-state index contributed by atoms with van der Waals surface area (Å²) in [6.45, 7) is 7.79. The number of para-hydroxylation sites is 2. The zero-order valence-electron chi connectivity index (χ0n) is 28.1. The normalized spacial score (nSPS) is 11.8. The predicted molar refractivity (Wildman–Crippen MR) is 219 cm³/mol. The number of fused-ring (bicyclic) bond motifs is 12. The van der Waals surface area contributed by atoms with Crippen LogP contribution in [-0.4, -0.2) is 9.13 Å². The number of rotatable bonds is 3. The molecule has 3 nitrogen and oxygen atoms in total. The van der Waals surface area contributed by atoms with Gasteiger partial charge in [0.15, 0.2) is 5.69 Å². The molecule has 11 rings (SSSR count). The minimum absolute atomic E-state index is 0.640. The predicted octanol–water partition coefficient (Wildman–Crippen LogP) is 13.6. The van der Waals surface area contributed by atoms with Gasteiger partial charge in [0, 0.05) is 27.5 Å². The molecule has 11 aromatic rings. The second-order valence-electron chi connectivity index (χ2n) is 13.6. The van der Waals surface area contributed by atoms with Crippen molar-refractivity contribution in [1.29, 1.82) is 0 Å². The second-order valence-corrected chi connectivity index (χ2v) is 13.6. The molecule has 0 fully saturated rings. The first-order chi connectivity index (χ1) is 25.7. The van der Waals surface area contributed by atoms with E-state index in [2.05, 4.69) is 178 Å². The van der Waals surface area contributed by atoms with Crippen LogP contribution >= 0.6 is 0 Å². The van der Waals surface area contributed by atoms with E-state index in [9.17, 15) is 0 Å². The quantitative estimate of drug-likeness (QED) is 0.132. The Morgan fingerprint density at radius 3 is 1.37 bits per heavy atom. The van der Waals surface area contributed by atoms with E-state index >= 15 is 0 Å². The van der Waals surface area contributed by atoms with Gasteiger partial charge in [0.2, 0.25) is 0 Å². The third-order valence-corrected chi connectivity index (χ3v) is 10.9. The van der Waals surface area contributed by atoms with Crippen molar-refractivity contribution in [2.75, 3.05) is 0 Å². The standard InChI is InChI=1S/C49H29N3/c1-50-33-21-26-48-44(29-33)45-30-35(52-46-16-8-6-14-41(46)42-15-7-9-17-47(42)52)24-27-49(45)51(48)34-22-18-31(19-23-34)32-20-25-40-38-12-3-2-10-36(38)37-11-4-5-13-39(37)43(40)28-32/h2-30H. The average Bonchev–Trinajstić information content (AvgIpc) is 3.73. The van der Waals surface area contributed by atoms with Gasteiger partial charge in [0.1, 0.15) is 0 Å². The summed E-state index contributed by atoms with van der Waals surface area (Å²) in [5, 5.41) is 12.4. The summed E-state index contributed by atoms with van der Waals surface area (Å²) in [5.74, 6) is 0. The van der Waals surface area contributed by atoms with Crippen LogP contribution in [0, 0.1) is 6.57 Å². The Morgan fingerprint density at radius 2 is 0.750 bits per heavy atom. The monoisotopic (exact) mass is 659 g/mol. The van der Waals surface area contributed by atoms with Crippen LogP contribution in [0.5, 0.6) is 0 Å². The summed E-state index contributed by atoms with van der Waals surface area (Å²) < 4.78 is 4.69. The number of hydrogen-bond acceptors (Lipinski definition) is 0. The van der Waals surface area contributed by atoms with Crippen molar-refractivity contribution < 1.29 is 0 Å². The van der Waals surface area contributed by atoms with E-state index in [1.165, 1.54) is 65.3 Å². The minimum Gasteiger partial charge on any atom is -0.309 e. The molecule has 9 aromatic carbocycles. The van der Waals surface area contributed by atoms with E-state index in [4.69, 9.17) is 6.57 Å². The number of aromatic nitrogens is 2. The molecule has 0 saturated carbocycles. The van der Waals surface area contributed by atoms with Crippen molar-refractivity contribution in [2.45, 2.75) is 0 Å². The molecule has 52 heavy (non-hydrogen) atoms. The Kier molecular flexibility index (Phi) is 6.02. The van der Waals surface area contributed by atoms with Gasteiger partial charge in [-0.3, -0.25) is 0 Å². The Balaban J connectivity index is 1.08. The number of benzene rings is 9. The summed E-state index contributed by atoms with van der Waals surface area (Å²) in [7, 11) is 0. The van der Waals surface area contributed by atoms with Gasteiger partial charge in [-0.2, -0.15) is 0 Å². The molecule has 0 N–H and O–H groups in total. The lowest BCUT2D eigenvalue weighted by molar-refractivity contribution is 1.17. The Morgan fingerprint density at radius 1 is 0.308 bits per heavy atom. The zero-order chi connectivity index (χ0) is 34.3. The molecule has 0 aliphatic rings. The maximum atomic E-state index is 7.79. The summed E-state index contributed by atoms with van der Waals surface area (Å²) in [5.41, 5.74) is 9.74. The largest absolute Gasteiger partial charge is 0.309 e. The Labute approximate surface area is 299 Å². The number of nitrogens with zero attached hydrogens (tertiary/aromatic N) is 3. The van der Waals surface area contributed by atoms with E-state index in [1.54, 1.807) is 0 Å². The summed E-state index contributed by atoms with van der Waals surface area (Å²) in [6.07, 6.45) is 0. The van der Waals surface area contributed by atoms with E-state index in [1.807, 2.05) is 12.1 Å². The first-order valence-corrected chi connectivity index (χ1v) is 17.6. The molecule has 0 aliphatic heterocycles. The molecule has 2 heterocycles. The molecule has 0 atom stereocenters. The van der Waals surface area contributed by atoms with Crippen LogP contribution in [-0.2, 0) is 0 Å². The molecular weight excluding hydrogens is 631 g/mol. The van der Waals surface area contributed by atoms with Crippen LogP contribution in [0.25, 0.3) is 103 Å². The lowest BCUT2D eigenvalue weighted by Gasteiger charge is -2.13. The molecule has 0 saturated heterocycles. The summed E-state index contributed by atoms with van der Waals surface area (Å²) >= 11 is 0. The first-order valence-electron chi connectivity index (χ1n) is 17.6. The highest BCUT2D eigenvalue weighted by molar-refractivity contribution is 6.25. The molecule has 3 heteroatoms. The molecule has 0 aliphatic carbocycles. The van der Waals surface area contributed by atoms with Crippen LogP contribution < -0.4 is 0 Å². The Hall–Kier alpha value is -7.15. The highest BCUT2D eigenvalue weighted by atomic mass is 15.0. The van der Waals surface area contributed by atoms with E-state index < -0.39 is 0 Å². The van der Waals surface area contributed by atoms with Crippen LogP contribution in [0.1, 0.15) is 0 Å². The second kappa shape index (κ2) is 10.9. The van der Waals surface area contributed by atoms with Gasteiger partial charge in [-0.15, -0.1) is 0 Å². The highest BCUT2D eigenvalue weighted by Crippen LogP contribution is 2.40. The van der Waals surface area contributed by atoms with Crippen molar-refractivity contribution in [3.05, 3.63) is 187 Å². The first kappa shape index (κ1) is 28.7. The maximum absolute atomic E-state index is 7.79. The van der Waals surface area contributed by atoms with Gasteiger partial charge < -0.3 is 9.13 Å². The molecule has 2 aromatic heterocycles. The van der Waals surface area contributed by atoms with E-state index in [0.717, 1.165) is 33.2 Å². The highest BCUT2D eigenvalue weighted by Gasteiger charge is 2.17. The lowest BCUT2D eigenvalue weighted by atomic mass is 9.92. The van der Waals surface area contributed by atoms with Crippen molar-refractivity contribution in [3.63, 3.8) is 0 Å². The third kappa shape index (κ3) is 4.07. The Bertz CT molecular complexity index is 3210. The zero-order valence-corrected chi connectivity index (χ0v) is 28.1. The maximum Gasteiger partial charge on any atom is 0.188 e. The molecule has 0 unspecified atom stereocenters. The van der Waals surface area contributed by atoms with Gasteiger partial charge in [-0.05, 0) is 109 Å². The van der Waals surface area contributed by atoms with Gasteiger partial charge in [0.05, 0.1) is 28.6 Å². The molecule has 0 spiro atoms. The molecule has 0 radical (unpaired) electrons. The van der Waals surface area contributed by atoms with Gasteiger partial charge in [0.25, 0.3) is 0 Å². The molecule has 0 bridgehead atoms. The van der Waals surface area contributed by atoms with Crippen molar-refractivity contribution in [1.82, 2.24) is 9.13 Å². The van der Waals surface area contributed by atoms with Crippen LogP contribution in [0.15, 0.2) is 176 Å². The van der Waals surface area contributed by atoms with Crippen LogP contribution in [0.3, 0.4) is 0 Å². The van der Waals surface area contributed by atoms with Crippen LogP contribution in [0.2, 0.25) is 0 Å². The SMILES string of the molecule is [C-]#[N+]c1ccc2c(c1)c1cc(-n3c4ccccc4c4ccccc43)ccc1n2-c1ccc(-c2ccc3c4ccccc4c4ccccc4c3c2)cc1. The molecular formula is C49H29N3. The van der Waals surface area contributed by atoms with Gasteiger partial charge in [-0.25, -0.2) is 4.85 Å². The van der Waals surface area contributed by atoms with Gasteiger partial charge >= 0.3 is 0 Å². The van der Waals surface area contributed by atoms with Gasteiger partial charge in [-0.1, -0.05) is 115 Å². The summed E-state index contributed by atoms with van der Waals surface area (Å²) in [6, 6.07) is 63.3.